The standard InChI is InChI=1S/C19H21NO3S/c1-12-8-7-9-13(2)17(12)20-18(21)14(3)23-19(22)15-10-5-6-11-16(15)24-4/h5-11,14H,1-4H3,(H,20,21)/t14-/m1/s1. The van der Waals surface area contributed by atoms with E-state index in [9.17, 15) is 9.59 Å². The smallest absolute Gasteiger partial charge is 0.340 e. The number of carbonyl (C=O) groups is 2. The number of para-hydroxylation sites is 1. The van der Waals surface area contributed by atoms with Crippen LogP contribution < -0.4 is 5.32 Å². The van der Waals surface area contributed by atoms with Crippen LogP contribution in [0.4, 0.5) is 5.69 Å². The Balaban J connectivity index is 2.07. The maximum Gasteiger partial charge on any atom is 0.340 e. The van der Waals surface area contributed by atoms with Gasteiger partial charge in [0.1, 0.15) is 0 Å². The minimum atomic E-state index is -0.883. The van der Waals surface area contributed by atoms with Gasteiger partial charge in [0.2, 0.25) is 0 Å². The van der Waals surface area contributed by atoms with Gasteiger partial charge >= 0.3 is 5.97 Å². The molecule has 126 valence electrons. The first-order valence-electron chi connectivity index (χ1n) is 7.65. The first-order valence-corrected chi connectivity index (χ1v) is 8.87. The van der Waals surface area contributed by atoms with Gasteiger partial charge in [0.05, 0.1) is 5.56 Å². The highest BCUT2D eigenvalue weighted by Crippen LogP contribution is 2.22. The Bertz CT molecular complexity index is 738. The minimum Gasteiger partial charge on any atom is -0.449 e. The van der Waals surface area contributed by atoms with Gasteiger partial charge in [-0.3, -0.25) is 4.79 Å². The van der Waals surface area contributed by atoms with E-state index < -0.39 is 12.1 Å². The zero-order valence-corrected chi connectivity index (χ0v) is 15.1. The molecule has 1 amide bonds. The summed E-state index contributed by atoms with van der Waals surface area (Å²) in [4.78, 5) is 25.5. The summed E-state index contributed by atoms with van der Waals surface area (Å²) in [5, 5.41) is 2.84. The average Bonchev–Trinajstić information content (AvgIpc) is 2.57. The third-order valence-electron chi connectivity index (χ3n) is 3.71. The van der Waals surface area contributed by atoms with Gasteiger partial charge in [0.15, 0.2) is 6.10 Å². The van der Waals surface area contributed by atoms with Crippen molar-refractivity contribution >= 4 is 29.3 Å². The third kappa shape index (κ3) is 4.17. The van der Waals surface area contributed by atoms with Crippen LogP contribution in [0.3, 0.4) is 0 Å². The van der Waals surface area contributed by atoms with E-state index in [4.69, 9.17) is 4.74 Å². The van der Waals surface area contributed by atoms with Crippen molar-refractivity contribution in [2.45, 2.75) is 31.8 Å². The van der Waals surface area contributed by atoms with E-state index in [-0.39, 0.29) is 5.91 Å². The molecule has 0 aliphatic rings. The fourth-order valence-electron chi connectivity index (χ4n) is 2.33. The Morgan fingerprint density at radius 2 is 1.67 bits per heavy atom. The molecule has 1 atom stereocenters. The molecule has 24 heavy (non-hydrogen) atoms. The Kier molecular flexibility index (Phi) is 6.04. The molecule has 4 nitrogen and oxygen atoms in total. The van der Waals surface area contributed by atoms with E-state index >= 15 is 0 Å². The number of carbonyl (C=O) groups excluding carboxylic acids is 2. The molecule has 0 radical (unpaired) electrons. The lowest BCUT2D eigenvalue weighted by Gasteiger charge is -2.16. The second kappa shape index (κ2) is 8.02. The van der Waals surface area contributed by atoms with Crippen LogP contribution in [-0.2, 0) is 9.53 Å². The molecule has 0 bridgehead atoms. The number of benzene rings is 2. The second-order valence-corrected chi connectivity index (χ2v) is 6.35. The van der Waals surface area contributed by atoms with Crippen LogP contribution in [0.5, 0.6) is 0 Å². The van der Waals surface area contributed by atoms with E-state index in [0.29, 0.717) is 5.56 Å². The number of esters is 1. The van der Waals surface area contributed by atoms with E-state index in [2.05, 4.69) is 5.32 Å². The number of amides is 1. The van der Waals surface area contributed by atoms with Crippen molar-refractivity contribution in [3.8, 4) is 0 Å². The Hall–Kier alpha value is -2.27. The first-order chi connectivity index (χ1) is 11.4. The van der Waals surface area contributed by atoms with Crippen LogP contribution >= 0.6 is 11.8 Å². The van der Waals surface area contributed by atoms with Crippen molar-refractivity contribution in [3.05, 3.63) is 59.2 Å². The van der Waals surface area contributed by atoms with E-state index in [1.807, 2.05) is 50.4 Å². The highest BCUT2D eigenvalue weighted by atomic mass is 32.2. The van der Waals surface area contributed by atoms with Crippen molar-refractivity contribution in [2.75, 3.05) is 11.6 Å². The summed E-state index contributed by atoms with van der Waals surface area (Å²) in [5.74, 6) is -0.841. The van der Waals surface area contributed by atoms with Crippen LogP contribution in [0.25, 0.3) is 0 Å². The Morgan fingerprint density at radius 1 is 1.04 bits per heavy atom. The lowest BCUT2D eigenvalue weighted by Crippen LogP contribution is -2.30. The molecule has 0 aliphatic heterocycles. The number of aryl methyl sites for hydroxylation is 2. The first kappa shape index (κ1) is 18.1. The predicted octanol–water partition coefficient (Wildman–Crippen LogP) is 4.21. The molecule has 0 saturated carbocycles. The molecule has 0 heterocycles. The van der Waals surface area contributed by atoms with Gasteiger partial charge in [0.25, 0.3) is 5.91 Å². The number of ether oxygens (including phenoxy) is 1. The molecule has 1 N–H and O–H groups in total. The number of thioether (sulfide) groups is 1. The van der Waals surface area contributed by atoms with E-state index in [1.54, 1.807) is 19.1 Å². The van der Waals surface area contributed by atoms with Crippen molar-refractivity contribution in [1.29, 1.82) is 0 Å². The maximum atomic E-state index is 12.3. The summed E-state index contributed by atoms with van der Waals surface area (Å²) in [7, 11) is 0. The Morgan fingerprint density at radius 3 is 2.29 bits per heavy atom. The molecule has 0 saturated heterocycles. The summed E-state index contributed by atoms with van der Waals surface area (Å²) in [6, 6.07) is 13.0. The van der Waals surface area contributed by atoms with Gasteiger partial charge < -0.3 is 10.1 Å². The molecule has 2 aromatic carbocycles. The van der Waals surface area contributed by atoms with Gasteiger partial charge in [-0.15, -0.1) is 11.8 Å². The number of hydrogen-bond acceptors (Lipinski definition) is 4. The number of rotatable bonds is 5. The lowest BCUT2D eigenvalue weighted by atomic mass is 10.1. The topological polar surface area (TPSA) is 55.4 Å². The SMILES string of the molecule is CSc1ccccc1C(=O)O[C@H](C)C(=O)Nc1c(C)cccc1C. The number of nitrogens with one attached hydrogen (secondary N) is 1. The zero-order chi connectivity index (χ0) is 17.7. The summed E-state index contributed by atoms with van der Waals surface area (Å²) in [6.45, 7) is 5.42. The average molecular weight is 343 g/mol. The quantitative estimate of drug-likeness (QED) is 0.653. The normalized spacial score (nSPS) is 11.7. The minimum absolute atomic E-state index is 0.345. The highest BCUT2D eigenvalue weighted by molar-refractivity contribution is 7.98. The molecule has 0 aromatic heterocycles. The molecular formula is C19H21NO3S. The molecular weight excluding hydrogens is 322 g/mol. The number of anilines is 1. The van der Waals surface area contributed by atoms with Crippen molar-refractivity contribution in [2.24, 2.45) is 0 Å². The largest absolute Gasteiger partial charge is 0.449 e. The fraction of sp³-hybridized carbons (Fsp3) is 0.263. The van der Waals surface area contributed by atoms with Crippen molar-refractivity contribution in [1.82, 2.24) is 0 Å². The van der Waals surface area contributed by atoms with Crippen LogP contribution in [-0.4, -0.2) is 24.2 Å². The Labute approximate surface area is 146 Å². The van der Waals surface area contributed by atoms with Gasteiger partial charge in [-0.1, -0.05) is 30.3 Å². The number of hydrogen-bond donors (Lipinski definition) is 1. The van der Waals surface area contributed by atoms with Crippen LogP contribution in [0, 0.1) is 13.8 Å². The fourth-order valence-corrected chi connectivity index (χ4v) is 2.91. The van der Waals surface area contributed by atoms with E-state index in [0.717, 1.165) is 21.7 Å². The molecule has 2 aromatic rings. The van der Waals surface area contributed by atoms with Gasteiger partial charge in [-0.25, -0.2) is 4.79 Å². The summed E-state index contributed by atoms with van der Waals surface area (Å²) in [5.41, 5.74) is 3.16. The van der Waals surface area contributed by atoms with Gasteiger partial charge in [-0.05, 0) is 50.3 Å². The van der Waals surface area contributed by atoms with Crippen LogP contribution in [0.1, 0.15) is 28.4 Å². The molecule has 5 heteroatoms. The monoisotopic (exact) mass is 343 g/mol. The van der Waals surface area contributed by atoms with Gasteiger partial charge in [-0.2, -0.15) is 0 Å². The van der Waals surface area contributed by atoms with Gasteiger partial charge in [0, 0.05) is 10.6 Å². The predicted molar refractivity (Wildman–Crippen MR) is 97.6 cm³/mol. The summed E-state index contributed by atoms with van der Waals surface area (Å²) >= 11 is 1.46. The molecule has 0 fully saturated rings. The zero-order valence-electron chi connectivity index (χ0n) is 14.3. The summed E-state index contributed by atoms with van der Waals surface area (Å²) in [6.07, 6.45) is 1.01. The van der Waals surface area contributed by atoms with Crippen molar-refractivity contribution in [3.63, 3.8) is 0 Å². The highest BCUT2D eigenvalue weighted by Gasteiger charge is 2.21. The molecule has 0 aliphatic carbocycles. The van der Waals surface area contributed by atoms with E-state index in [1.165, 1.54) is 11.8 Å². The molecule has 0 unspecified atom stereocenters. The van der Waals surface area contributed by atoms with Crippen molar-refractivity contribution < 1.29 is 14.3 Å². The van der Waals surface area contributed by atoms with Crippen LogP contribution in [0.2, 0.25) is 0 Å². The second-order valence-electron chi connectivity index (χ2n) is 5.50. The third-order valence-corrected chi connectivity index (χ3v) is 4.51. The molecule has 2 rings (SSSR count). The lowest BCUT2D eigenvalue weighted by molar-refractivity contribution is -0.123. The summed E-state index contributed by atoms with van der Waals surface area (Å²) < 4.78 is 5.33. The van der Waals surface area contributed by atoms with Crippen LogP contribution in [0.15, 0.2) is 47.4 Å². The molecule has 0 spiro atoms. The maximum absolute atomic E-state index is 12.3.